The number of pyridine rings is 1. The largest absolute Gasteiger partial charge is 0.489 e. The molecule has 6 heteroatoms. The Kier molecular flexibility index (Phi) is 4.24. The maximum absolute atomic E-state index is 12.8. The van der Waals surface area contributed by atoms with E-state index in [2.05, 4.69) is 4.98 Å². The van der Waals surface area contributed by atoms with E-state index in [9.17, 15) is 18.3 Å². The van der Waals surface area contributed by atoms with Gasteiger partial charge in [-0.1, -0.05) is 18.2 Å². The van der Waals surface area contributed by atoms with Gasteiger partial charge in [-0.25, -0.2) is 0 Å². The van der Waals surface area contributed by atoms with Gasteiger partial charge in [0.2, 0.25) is 0 Å². The summed E-state index contributed by atoms with van der Waals surface area (Å²) in [6.07, 6.45) is -2.91. The molecule has 3 nitrogen and oxygen atoms in total. The van der Waals surface area contributed by atoms with E-state index in [0.29, 0.717) is 5.75 Å². The molecule has 0 amide bonds. The van der Waals surface area contributed by atoms with Crippen LogP contribution in [0.5, 0.6) is 5.75 Å². The minimum absolute atomic E-state index is 0.205. The van der Waals surface area contributed by atoms with Crippen LogP contribution < -0.4 is 4.74 Å². The molecular weight excluding hydrogens is 271 g/mol. The van der Waals surface area contributed by atoms with Crippen molar-refractivity contribution in [1.29, 1.82) is 0 Å². The van der Waals surface area contributed by atoms with Crippen LogP contribution in [0.1, 0.15) is 17.2 Å². The van der Waals surface area contributed by atoms with E-state index in [1.807, 2.05) is 0 Å². The third-order valence-electron chi connectivity index (χ3n) is 2.67. The Morgan fingerprint density at radius 3 is 2.55 bits per heavy atom. The third kappa shape index (κ3) is 3.48. The molecule has 20 heavy (non-hydrogen) atoms. The Hall–Kier alpha value is -2.08. The van der Waals surface area contributed by atoms with E-state index in [-0.39, 0.29) is 12.2 Å². The predicted molar refractivity (Wildman–Crippen MR) is 66.1 cm³/mol. The molecule has 0 aliphatic carbocycles. The van der Waals surface area contributed by atoms with Crippen LogP contribution >= 0.6 is 0 Å². The second-order valence-electron chi connectivity index (χ2n) is 4.10. The highest BCUT2D eigenvalue weighted by Crippen LogP contribution is 2.34. The fraction of sp³-hybridized carbons (Fsp3) is 0.214. The van der Waals surface area contributed by atoms with Crippen molar-refractivity contribution in [1.82, 2.24) is 4.98 Å². The number of alkyl halides is 3. The van der Waals surface area contributed by atoms with Gasteiger partial charge in [-0.05, 0) is 23.8 Å². The number of ether oxygens (including phenoxy) is 1. The first-order chi connectivity index (χ1) is 9.48. The summed E-state index contributed by atoms with van der Waals surface area (Å²) < 4.78 is 43.6. The summed E-state index contributed by atoms with van der Waals surface area (Å²) in [6.45, 7) is -0.279. The highest BCUT2D eigenvalue weighted by atomic mass is 19.4. The molecule has 0 aliphatic heterocycles. The zero-order valence-electron chi connectivity index (χ0n) is 10.3. The molecule has 1 atom stereocenters. The second kappa shape index (κ2) is 5.92. The van der Waals surface area contributed by atoms with Gasteiger partial charge in [0.25, 0.3) is 0 Å². The van der Waals surface area contributed by atoms with Gasteiger partial charge in [0, 0.05) is 6.20 Å². The fourth-order valence-electron chi connectivity index (χ4n) is 1.74. The molecule has 1 heterocycles. The molecule has 1 aromatic heterocycles. The van der Waals surface area contributed by atoms with Gasteiger partial charge in [-0.3, -0.25) is 4.98 Å². The number of hydrogen-bond acceptors (Lipinski definition) is 3. The minimum atomic E-state index is -4.51. The number of aliphatic hydroxyl groups excluding tert-OH is 1. The van der Waals surface area contributed by atoms with Crippen molar-refractivity contribution in [3.05, 3.63) is 59.9 Å². The monoisotopic (exact) mass is 283 g/mol. The van der Waals surface area contributed by atoms with Crippen molar-refractivity contribution in [2.45, 2.75) is 12.3 Å². The Morgan fingerprint density at radius 1 is 1.15 bits per heavy atom. The van der Waals surface area contributed by atoms with Crippen LogP contribution in [0.25, 0.3) is 0 Å². The average Bonchev–Trinajstić information content (AvgIpc) is 2.45. The molecule has 0 saturated heterocycles. The number of hydrogen-bond donors (Lipinski definition) is 1. The first-order valence-corrected chi connectivity index (χ1v) is 5.85. The van der Waals surface area contributed by atoms with Gasteiger partial charge in [-0.2, -0.15) is 13.2 Å². The Labute approximate surface area is 113 Å². The second-order valence-corrected chi connectivity index (χ2v) is 4.10. The van der Waals surface area contributed by atoms with Crippen molar-refractivity contribution in [3.8, 4) is 5.75 Å². The van der Waals surface area contributed by atoms with Gasteiger partial charge in [0.1, 0.15) is 18.5 Å². The van der Waals surface area contributed by atoms with Crippen molar-refractivity contribution < 1.29 is 23.0 Å². The smallest absolute Gasteiger partial charge is 0.416 e. The summed E-state index contributed by atoms with van der Waals surface area (Å²) in [5.74, 6) is 0.385. The van der Waals surface area contributed by atoms with Crippen LogP contribution in [-0.4, -0.2) is 16.7 Å². The SMILES string of the molecule is OC(COc1cccnc1)c1ccccc1C(F)(F)F. The lowest BCUT2D eigenvalue weighted by Crippen LogP contribution is -2.16. The van der Waals surface area contributed by atoms with E-state index in [4.69, 9.17) is 4.74 Å². The standard InChI is InChI=1S/C14H12F3NO2/c15-14(16,17)12-6-2-1-5-11(12)13(19)9-20-10-4-3-7-18-8-10/h1-8,13,19H,9H2. The fourth-order valence-corrected chi connectivity index (χ4v) is 1.74. The first kappa shape index (κ1) is 14.3. The Bertz CT molecular complexity index is 558. The van der Waals surface area contributed by atoms with Gasteiger partial charge >= 0.3 is 6.18 Å². The average molecular weight is 283 g/mol. The number of halogens is 3. The summed E-state index contributed by atoms with van der Waals surface area (Å²) in [5.41, 5.74) is -1.06. The molecule has 0 radical (unpaired) electrons. The van der Waals surface area contributed by atoms with E-state index < -0.39 is 17.8 Å². The van der Waals surface area contributed by atoms with Crippen molar-refractivity contribution >= 4 is 0 Å². The summed E-state index contributed by atoms with van der Waals surface area (Å²) in [5, 5.41) is 9.88. The molecular formula is C14H12F3NO2. The van der Waals surface area contributed by atoms with E-state index >= 15 is 0 Å². The molecule has 2 aromatic rings. The van der Waals surface area contributed by atoms with Crippen molar-refractivity contribution in [2.24, 2.45) is 0 Å². The normalized spacial score (nSPS) is 13.0. The van der Waals surface area contributed by atoms with Crippen molar-refractivity contribution in [3.63, 3.8) is 0 Å². The molecule has 1 N–H and O–H groups in total. The summed E-state index contributed by atoms with van der Waals surface area (Å²) >= 11 is 0. The number of benzene rings is 1. The molecule has 0 aliphatic rings. The molecule has 0 fully saturated rings. The first-order valence-electron chi connectivity index (χ1n) is 5.85. The molecule has 106 valence electrons. The number of aromatic nitrogens is 1. The molecule has 1 unspecified atom stereocenters. The lowest BCUT2D eigenvalue weighted by Gasteiger charge is -2.17. The number of rotatable bonds is 4. The Morgan fingerprint density at radius 2 is 1.90 bits per heavy atom. The zero-order valence-corrected chi connectivity index (χ0v) is 10.3. The maximum atomic E-state index is 12.8. The van der Waals surface area contributed by atoms with Crippen LogP contribution in [0.3, 0.4) is 0 Å². The van der Waals surface area contributed by atoms with E-state index in [1.165, 1.54) is 24.4 Å². The highest BCUT2D eigenvalue weighted by molar-refractivity contribution is 5.31. The number of aliphatic hydroxyl groups is 1. The molecule has 1 aromatic carbocycles. The lowest BCUT2D eigenvalue weighted by molar-refractivity contribution is -0.139. The molecule has 0 saturated carbocycles. The van der Waals surface area contributed by atoms with Gasteiger partial charge in [0.15, 0.2) is 0 Å². The van der Waals surface area contributed by atoms with Gasteiger partial charge in [0.05, 0.1) is 11.8 Å². The maximum Gasteiger partial charge on any atom is 0.416 e. The van der Waals surface area contributed by atoms with E-state index in [0.717, 1.165) is 6.07 Å². The lowest BCUT2D eigenvalue weighted by atomic mass is 10.0. The van der Waals surface area contributed by atoms with E-state index in [1.54, 1.807) is 18.3 Å². The summed E-state index contributed by atoms with van der Waals surface area (Å²) in [6, 6.07) is 8.13. The van der Waals surface area contributed by atoms with Crippen LogP contribution in [0, 0.1) is 0 Å². The molecule has 2 rings (SSSR count). The zero-order chi connectivity index (χ0) is 14.6. The Balaban J connectivity index is 2.12. The van der Waals surface area contributed by atoms with Crippen LogP contribution in [0.4, 0.5) is 13.2 Å². The summed E-state index contributed by atoms with van der Waals surface area (Å²) in [7, 11) is 0. The van der Waals surface area contributed by atoms with Crippen LogP contribution in [0.2, 0.25) is 0 Å². The van der Waals surface area contributed by atoms with Crippen LogP contribution in [0.15, 0.2) is 48.8 Å². The molecule has 0 spiro atoms. The van der Waals surface area contributed by atoms with Crippen LogP contribution in [-0.2, 0) is 6.18 Å². The summed E-state index contributed by atoms with van der Waals surface area (Å²) in [4.78, 5) is 3.81. The third-order valence-corrected chi connectivity index (χ3v) is 2.67. The van der Waals surface area contributed by atoms with Gasteiger partial charge < -0.3 is 9.84 Å². The molecule has 0 bridgehead atoms. The van der Waals surface area contributed by atoms with Crippen molar-refractivity contribution in [2.75, 3.05) is 6.61 Å². The minimum Gasteiger partial charge on any atom is -0.489 e. The quantitative estimate of drug-likeness (QED) is 0.936. The number of nitrogens with zero attached hydrogens (tertiary/aromatic N) is 1. The highest BCUT2D eigenvalue weighted by Gasteiger charge is 2.34. The predicted octanol–water partition coefficient (Wildman–Crippen LogP) is 3.21. The topological polar surface area (TPSA) is 42.4 Å². The van der Waals surface area contributed by atoms with Gasteiger partial charge in [-0.15, -0.1) is 0 Å².